The van der Waals surface area contributed by atoms with E-state index in [0.717, 1.165) is 29.8 Å². The van der Waals surface area contributed by atoms with Gasteiger partial charge in [-0.1, -0.05) is 48.0 Å². The van der Waals surface area contributed by atoms with Gasteiger partial charge in [0.25, 0.3) is 0 Å². The van der Waals surface area contributed by atoms with E-state index in [0.29, 0.717) is 31.2 Å². The standard InChI is InChI=1S/C24H20ClF2N2O/c25-20-7-5-18(6-8-20)21-4-2-1-3-19(21)15-28-9-11-29(12-10-28)24-22(26)13-17(16-30)14-23(24)27/h1-8,13-14H,9-12,15H2. The summed E-state index contributed by atoms with van der Waals surface area (Å²) in [5, 5.41) is 0.700. The maximum absolute atomic E-state index is 14.3. The molecule has 0 aromatic heterocycles. The van der Waals surface area contributed by atoms with Crippen LogP contribution in [-0.2, 0) is 11.3 Å². The molecule has 0 N–H and O–H groups in total. The van der Waals surface area contributed by atoms with Crippen LogP contribution in [0.5, 0.6) is 0 Å². The summed E-state index contributed by atoms with van der Waals surface area (Å²) in [6.07, 6.45) is 1.53. The summed E-state index contributed by atoms with van der Waals surface area (Å²) in [4.78, 5) is 14.6. The summed E-state index contributed by atoms with van der Waals surface area (Å²) in [5.74, 6) is -1.45. The summed E-state index contributed by atoms with van der Waals surface area (Å²) in [6, 6.07) is 18.0. The molecule has 1 radical (unpaired) electrons. The first-order chi connectivity index (χ1) is 14.5. The third kappa shape index (κ3) is 4.37. The van der Waals surface area contributed by atoms with Gasteiger partial charge in [-0.3, -0.25) is 9.69 Å². The SMILES string of the molecule is O=[C]c1cc(F)c(N2CCN(Cc3ccccc3-c3ccc(Cl)cc3)CC2)c(F)c1. The molecule has 0 atom stereocenters. The van der Waals surface area contributed by atoms with Crippen LogP contribution in [0.15, 0.2) is 60.7 Å². The largest absolute Gasteiger partial charge is 0.364 e. The summed E-state index contributed by atoms with van der Waals surface area (Å²) in [7, 11) is 0. The molecule has 0 unspecified atom stereocenters. The Morgan fingerprint density at radius 3 is 2.17 bits per heavy atom. The molecule has 6 heteroatoms. The zero-order valence-corrected chi connectivity index (χ0v) is 17.0. The molecule has 0 bridgehead atoms. The second kappa shape index (κ2) is 8.94. The Morgan fingerprint density at radius 1 is 0.900 bits per heavy atom. The first-order valence-electron chi connectivity index (χ1n) is 9.73. The van der Waals surface area contributed by atoms with Crippen LogP contribution < -0.4 is 4.90 Å². The van der Waals surface area contributed by atoms with Gasteiger partial charge in [-0.05, 0) is 41.0 Å². The molecule has 3 nitrogen and oxygen atoms in total. The molecule has 1 saturated heterocycles. The van der Waals surface area contributed by atoms with Crippen LogP contribution in [0.25, 0.3) is 11.1 Å². The first-order valence-corrected chi connectivity index (χ1v) is 10.1. The van der Waals surface area contributed by atoms with Crippen molar-refractivity contribution in [2.45, 2.75) is 6.54 Å². The topological polar surface area (TPSA) is 23.6 Å². The minimum absolute atomic E-state index is 0.0739. The lowest BCUT2D eigenvalue weighted by Crippen LogP contribution is -2.46. The fourth-order valence-electron chi connectivity index (χ4n) is 3.87. The van der Waals surface area contributed by atoms with E-state index in [1.807, 2.05) is 36.4 Å². The third-order valence-corrected chi connectivity index (χ3v) is 5.64. The summed E-state index contributed by atoms with van der Waals surface area (Å²) >= 11 is 6.01. The van der Waals surface area contributed by atoms with Crippen molar-refractivity contribution in [2.24, 2.45) is 0 Å². The molecule has 0 spiro atoms. The maximum atomic E-state index is 14.3. The molecule has 1 heterocycles. The fraction of sp³-hybridized carbons (Fsp3) is 0.208. The number of hydrogen-bond acceptors (Lipinski definition) is 3. The average Bonchev–Trinajstić information content (AvgIpc) is 2.75. The normalized spacial score (nSPS) is 14.7. The molecule has 4 rings (SSSR count). The summed E-state index contributed by atoms with van der Waals surface area (Å²) in [5.41, 5.74) is 3.25. The minimum Gasteiger partial charge on any atom is -0.364 e. The van der Waals surface area contributed by atoms with Crippen LogP contribution in [0.1, 0.15) is 11.1 Å². The number of hydrogen-bond donors (Lipinski definition) is 0. The molecular formula is C24H20ClF2N2O. The molecule has 1 aliphatic heterocycles. The highest BCUT2D eigenvalue weighted by molar-refractivity contribution is 6.30. The van der Waals surface area contributed by atoms with Gasteiger partial charge in [0.05, 0.1) is 0 Å². The molecule has 0 aliphatic carbocycles. The van der Waals surface area contributed by atoms with Crippen molar-refractivity contribution < 1.29 is 13.6 Å². The highest BCUT2D eigenvalue weighted by Crippen LogP contribution is 2.28. The molecular weight excluding hydrogens is 406 g/mol. The molecule has 0 saturated carbocycles. The van der Waals surface area contributed by atoms with Gasteiger partial charge in [-0.25, -0.2) is 8.78 Å². The van der Waals surface area contributed by atoms with Crippen LogP contribution in [0.4, 0.5) is 14.5 Å². The average molecular weight is 426 g/mol. The van der Waals surface area contributed by atoms with Crippen molar-refractivity contribution in [1.82, 2.24) is 4.90 Å². The Bertz CT molecular complexity index is 1020. The van der Waals surface area contributed by atoms with Crippen LogP contribution in [0.3, 0.4) is 0 Å². The van der Waals surface area contributed by atoms with Crippen molar-refractivity contribution in [3.05, 3.63) is 88.4 Å². The van der Waals surface area contributed by atoms with Gasteiger partial charge in [0.15, 0.2) is 0 Å². The van der Waals surface area contributed by atoms with E-state index in [1.54, 1.807) is 4.90 Å². The highest BCUT2D eigenvalue weighted by atomic mass is 35.5. The quantitative estimate of drug-likeness (QED) is 0.570. The maximum Gasteiger partial charge on any atom is 0.233 e. The van der Waals surface area contributed by atoms with Gasteiger partial charge in [-0.15, -0.1) is 0 Å². The highest BCUT2D eigenvalue weighted by Gasteiger charge is 2.23. The van der Waals surface area contributed by atoms with Crippen molar-refractivity contribution >= 4 is 23.6 Å². The molecule has 30 heavy (non-hydrogen) atoms. The monoisotopic (exact) mass is 425 g/mol. The van der Waals surface area contributed by atoms with Crippen molar-refractivity contribution in [3.63, 3.8) is 0 Å². The molecule has 0 amide bonds. The number of benzene rings is 3. The molecule has 3 aromatic carbocycles. The Morgan fingerprint density at radius 2 is 1.53 bits per heavy atom. The molecule has 153 valence electrons. The number of anilines is 1. The van der Waals surface area contributed by atoms with E-state index < -0.39 is 11.6 Å². The van der Waals surface area contributed by atoms with Crippen molar-refractivity contribution in [3.8, 4) is 11.1 Å². The zero-order valence-electron chi connectivity index (χ0n) is 16.2. The molecule has 1 aliphatic rings. The Balaban J connectivity index is 1.46. The van der Waals surface area contributed by atoms with E-state index in [1.165, 1.54) is 11.8 Å². The predicted molar refractivity (Wildman–Crippen MR) is 116 cm³/mol. The third-order valence-electron chi connectivity index (χ3n) is 5.39. The van der Waals surface area contributed by atoms with Gasteiger partial charge >= 0.3 is 0 Å². The lowest BCUT2D eigenvalue weighted by molar-refractivity contribution is 0.249. The smallest absolute Gasteiger partial charge is 0.233 e. The minimum atomic E-state index is -0.727. The van der Waals surface area contributed by atoms with Gasteiger partial charge in [0, 0.05) is 43.3 Å². The van der Waals surface area contributed by atoms with Crippen LogP contribution >= 0.6 is 11.6 Å². The Kier molecular flexibility index (Phi) is 6.11. The molecule has 1 fully saturated rings. The zero-order chi connectivity index (χ0) is 21.1. The summed E-state index contributed by atoms with van der Waals surface area (Å²) in [6.45, 7) is 3.10. The van der Waals surface area contributed by atoms with Crippen LogP contribution in [0, 0.1) is 11.6 Å². The van der Waals surface area contributed by atoms with Crippen LogP contribution in [-0.4, -0.2) is 37.4 Å². The van der Waals surface area contributed by atoms with Gasteiger partial charge < -0.3 is 4.90 Å². The van der Waals surface area contributed by atoms with E-state index in [4.69, 9.17) is 11.6 Å². The Labute approximate surface area is 179 Å². The van der Waals surface area contributed by atoms with Gasteiger partial charge in [-0.2, -0.15) is 0 Å². The van der Waals surface area contributed by atoms with Crippen molar-refractivity contribution in [1.29, 1.82) is 0 Å². The number of carbonyl (C=O) groups excluding carboxylic acids is 1. The lowest BCUT2D eigenvalue weighted by Gasteiger charge is -2.36. The van der Waals surface area contributed by atoms with E-state index in [-0.39, 0.29) is 11.3 Å². The number of halogens is 3. The number of nitrogens with zero attached hydrogens (tertiary/aromatic N) is 2. The van der Waals surface area contributed by atoms with E-state index in [2.05, 4.69) is 17.0 Å². The predicted octanol–water partition coefficient (Wildman–Crippen LogP) is 5.07. The second-order valence-electron chi connectivity index (χ2n) is 7.32. The van der Waals surface area contributed by atoms with Crippen LogP contribution in [0.2, 0.25) is 5.02 Å². The van der Waals surface area contributed by atoms with E-state index >= 15 is 0 Å². The van der Waals surface area contributed by atoms with Crippen molar-refractivity contribution in [2.75, 3.05) is 31.1 Å². The van der Waals surface area contributed by atoms with Gasteiger partial charge in [0.1, 0.15) is 17.3 Å². The lowest BCUT2D eigenvalue weighted by atomic mass is 9.99. The second-order valence-corrected chi connectivity index (χ2v) is 7.75. The molecule has 3 aromatic rings. The van der Waals surface area contributed by atoms with E-state index in [9.17, 15) is 13.6 Å². The number of rotatable bonds is 5. The first kappa shape index (κ1) is 20.5. The van der Waals surface area contributed by atoms with Gasteiger partial charge in [0.2, 0.25) is 6.29 Å². The Hall–Kier alpha value is -2.76. The fourth-order valence-corrected chi connectivity index (χ4v) is 3.99. The number of piperazine rings is 1. The summed E-state index contributed by atoms with van der Waals surface area (Å²) < 4.78 is 28.6.